The van der Waals surface area contributed by atoms with Crippen molar-refractivity contribution >= 4 is 17.9 Å². The summed E-state index contributed by atoms with van der Waals surface area (Å²) in [5, 5.41) is 3.01. The Hall–Kier alpha value is -3.09. The van der Waals surface area contributed by atoms with Crippen molar-refractivity contribution in [1.29, 1.82) is 0 Å². The van der Waals surface area contributed by atoms with Crippen molar-refractivity contribution < 1.29 is 18.4 Å². The van der Waals surface area contributed by atoms with Crippen LogP contribution in [0.2, 0.25) is 0 Å². The number of carbonyl (C=O) groups excluding carboxylic acids is 2. The Kier molecular flexibility index (Phi) is 6.11. The highest BCUT2D eigenvalue weighted by atomic mass is 19.2. The molecule has 1 atom stereocenters. The molecule has 1 N–H and O–H groups in total. The van der Waals surface area contributed by atoms with Crippen LogP contribution >= 0.6 is 0 Å². The first-order chi connectivity index (χ1) is 15.0. The van der Waals surface area contributed by atoms with E-state index < -0.39 is 11.6 Å². The molecule has 162 valence electrons. The molecule has 0 radical (unpaired) electrons. The van der Waals surface area contributed by atoms with Crippen molar-refractivity contribution in [3.63, 3.8) is 0 Å². The summed E-state index contributed by atoms with van der Waals surface area (Å²) < 4.78 is 27.0. The topological polar surface area (TPSA) is 62.3 Å². The van der Waals surface area contributed by atoms with Gasteiger partial charge in [0.05, 0.1) is 0 Å². The average molecular weight is 425 g/mol. The molecule has 1 saturated carbocycles. The standard InChI is InChI=1S/C24H25F2N3O2/c25-20-6-3-4-17(22(20)26)7-8-21(30)29-14-10-24(11-15-29)16-19(24)23(31)28-13-9-18-5-1-2-12-27-18/h1-8,12,19H,9-11,13-16H2,(H,28,31). The number of likely N-dealkylation sites (tertiary alicyclic amines) is 1. The second kappa shape index (κ2) is 8.96. The number of nitrogens with zero attached hydrogens (tertiary/aromatic N) is 2. The molecule has 31 heavy (non-hydrogen) atoms. The lowest BCUT2D eigenvalue weighted by molar-refractivity contribution is -0.127. The maximum Gasteiger partial charge on any atom is 0.246 e. The SMILES string of the molecule is O=C(NCCc1ccccn1)C1CC12CCN(C(=O)C=Cc1cccc(F)c1F)CC2. The molecule has 7 heteroatoms. The summed E-state index contributed by atoms with van der Waals surface area (Å²) in [5.74, 6) is -2.04. The van der Waals surface area contributed by atoms with Crippen LogP contribution in [0.15, 0.2) is 48.7 Å². The number of nitrogens with one attached hydrogen (secondary N) is 1. The molecule has 0 bridgehead atoms. The lowest BCUT2D eigenvalue weighted by atomic mass is 9.90. The molecule has 2 fully saturated rings. The number of carbonyl (C=O) groups is 2. The molecule has 5 nitrogen and oxygen atoms in total. The van der Waals surface area contributed by atoms with Gasteiger partial charge in [-0.2, -0.15) is 0 Å². The van der Waals surface area contributed by atoms with Gasteiger partial charge in [-0.15, -0.1) is 0 Å². The number of amides is 2. The Labute approximate surface area is 180 Å². The van der Waals surface area contributed by atoms with Crippen LogP contribution in [0.25, 0.3) is 6.08 Å². The van der Waals surface area contributed by atoms with Crippen molar-refractivity contribution in [1.82, 2.24) is 15.2 Å². The normalized spacial score (nSPS) is 19.5. The minimum absolute atomic E-state index is 0.00502. The number of hydrogen-bond acceptors (Lipinski definition) is 3. The molecule has 1 unspecified atom stereocenters. The predicted octanol–water partition coefficient (Wildman–Crippen LogP) is 3.36. The Balaban J connectivity index is 1.23. The number of rotatable bonds is 6. The quantitative estimate of drug-likeness (QED) is 0.722. The summed E-state index contributed by atoms with van der Waals surface area (Å²) in [4.78, 5) is 30.9. The molecule has 2 amide bonds. The first-order valence-corrected chi connectivity index (χ1v) is 10.6. The minimum atomic E-state index is -0.959. The summed E-state index contributed by atoms with van der Waals surface area (Å²) in [6.45, 7) is 1.69. The van der Waals surface area contributed by atoms with Crippen molar-refractivity contribution in [3.8, 4) is 0 Å². The molecule has 2 heterocycles. The van der Waals surface area contributed by atoms with Crippen molar-refractivity contribution in [2.45, 2.75) is 25.7 Å². The summed E-state index contributed by atoms with van der Waals surface area (Å²) in [6, 6.07) is 9.60. The predicted molar refractivity (Wildman–Crippen MR) is 113 cm³/mol. The van der Waals surface area contributed by atoms with E-state index in [1.807, 2.05) is 18.2 Å². The molecular formula is C24H25F2N3O2. The van der Waals surface area contributed by atoms with Crippen LogP contribution in [0.3, 0.4) is 0 Å². The van der Waals surface area contributed by atoms with E-state index in [4.69, 9.17) is 0 Å². The molecule has 1 aliphatic carbocycles. The third-order valence-corrected chi connectivity index (χ3v) is 6.37. The number of aromatic nitrogens is 1. The smallest absolute Gasteiger partial charge is 0.246 e. The van der Waals surface area contributed by atoms with Crippen LogP contribution in [0, 0.1) is 23.0 Å². The van der Waals surface area contributed by atoms with Crippen LogP contribution < -0.4 is 5.32 Å². The van der Waals surface area contributed by atoms with Crippen molar-refractivity contribution in [2.24, 2.45) is 11.3 Å². The number of hydrogen-bond donors (Lipinski definition) is 1. The van der Waals surface area contributed by atoms with Crippen LogP contribution in [0.4, 0.5) is 8.78 Å². The van der Waals surface area contributed by atoms with Gasteiger partial charge in [-0.3, -0.25) is 14.6 Å². The third-order valence-electron chi connectivity index (χ3n) is 6.37. The fourth-order valence-electron chi connectivity index (χ4n) is 4.34. The Morgan fingerprint density at radius 3 is 2.71 bits per heavy atom. The molecule has 4 rings (SSSR count). The van der Waals surface area contributed by atoms with Crippen LogP contribution in [-0.4, -0.2) is 41.3 Å². The zero-order valence-electron chi connectivity index (χ0n) is 17.2. The second-order valence-electron chi connectivity index (χ2n) is 8.28. The first-order valence-electron chi connectivity index (χ1n) is 10.6. The lowest BCUT2D eigenvalue weighted by Crippen LogP contribution is -2.40. The zero-order chi connectivity index (χ0) is 21.8. The summed E-state index contributed by atoms with van der Waals surface area (Å²) in [7, 11) is 0. The molecule has 1 saturated heterocycles. The van der Waals surface area contributed by atoms with E-state index in [1.165, 1.54) is 24.3 Å². The van der Waals surface area contributed by atoms with E-state index in [1.54, 1.807) is 11.1 Å². The second-order valence-corrected chi connectivity index (χ2v) is 8.28. The molecular weight excluding hydrogens is 400 g/mol. The number of piperidine rings is 1. The van der Waals surface area contributed by atoms with Crippen LogP contribution in [-0.2, 0) is 16.0 Å². The fraction of sp³-hybridized carbons (Fsp3) is 0.375. The zero-order valence-corrected chi connectivity index (χ0v) is 17.2. The summed E-state index contributed by atoms with van der Waals surface area (Å²) >= 11 is 0. The van der Waals surface area contributed by atoms with Gasteiger partial charge in [-0.05, 0) is 49.0 Å². The van der Waals surface area contributed by atoms with Gasteiger partial charge < -0.3 is 10.2 Å². The number of pyridine rings is 1. The van der Waals surface area contributed by atoms with Crippen molar-refractivity contribution in [2.75, 3.05) is 19.6 Å². The van der Waals surface area contributed by atoms with Gasteiger partial charge >= 0.3 is 0 Å². The highest BCUT2D eigenvalue weighted by molar-refractivity contribution is 5.92. The van der Waals surface area contributed by atoms with E-state index in [-0.39, 0.29) is 28.7 Å². The molecule has 1 spiro atoms. The van der Waals surface area contributed by atoms with Crippen LogP contribution in [0.5, 0.6) is 0 Å². The van der Waals surface area contributed by atoms with Gasteiger partial charge in [0.25, 0.3) is 0 Å². The summed E-state index contributed by atoms with van der Waals surface area (Å²) in [5.41, 5.74) is 0.988. The highest BCUT2D eigenvalue weighted by Crippen LogP contribution is 2.59. The Morgan fingerprint density at radius 1 is 1.16 bits per heavy atom. The van der Waals surface area contributed by atoms with Gasteiger partial charge in [0.15, 0.2) is 11.6 Å². The largest absolute Gasteiger partial charge is 0.355 e. The first kappa shape index (κ1) is 21.2. The van der Waals surface area contributed by atoms with Crippen LogP contribution in [0.1, 0.15) is 30.5 Å². The van der Waals surface area contributed by atoms with Gasteiger partial charge in [0.1, 0.15) is 0 Å². The minimum Gasteiger partial charge on any atom is -0.355 e. The van der Waals surface area contributed by atoms with E-state index in [2.05, 4.69) is 10.3 Å². The maximum atomic E-state index is 13.7. The van der Waals surface area contributed by atoms with E-state index in [9.17, 15) is 18.4 Å². The van der Waals surface area contributed by atoms with Gasteiger partial charge in [0.2, 0.25) is 11.8 Å². The Bertz CT molecular complexity index is 986. The van der Waals surface area contributed by atoms with E-state index in [0.29, 0.717) is 26.1 Å². The number of benzene rings is 1. The van der Waals surface area contributed by atoms with Gasteiger partial charge in [-0.25, -0.2) is 8.78 Å². The molecule has 1 aromatic heterocycles. The highest BCUT2D eigenvalue weighted by Gasteiger charge is 2.58. The summed E-state index contributed by atoms with van der Waals surface area (Å²) in [6.07, 6.45) is 7.44. The molecule has 1 aromatic carbocycles. The molecule has 2 aliphatic rings. The van der Waals surface area contributed by atoms with Gasteiger partial charge in [-0.1, -0.05) is 18.2 Å². The average Bonchev–Trinajstić information content (AvgIpc) is 3.49. The fourth-order valence-corrected chi connectivity index (χ4v) is 4.34. The molecule has 2 aromatic rings. The Morgan fingerprint density at radius 2 is 1.97 bits per heavy atom. The maximum absolute atomic E-state index is 13.7. The van der Waals surface area contributed by atoms with Gasteiger partial charge in [0, 0.05) is 55.5 Å². The monoisotopic (exact) mass is 425 g/mol. The molecule has 1 aliphatic heterocycles. The van der Waals surface area contributed by atoms with Crippen molar-refractivity contribution in [3.05, 3.63) is 71.6 Å². The van der Waals surface area contributed by atoms with E-state index >= 15 is 0 Å². The number of halogens is 2. The third kappa shape index (κ3) is 4.81. The lowest BCUT2D eigenvalue weighted by Gasteiger charge is -2.32. The van der Waals surface area contributed by atoms with E-state index in [0.717, 1.165) is 31.0 Å².